The van der Waals surface area contributed by atoms with E-state index in [-0.39, 0.29) is 18.1 Å². The molecule has 0 fully saturated rings. The van der Waals surface area contributed by atoms with Crippen molar-refractivity contribution in [1.29, 1.82) is 0 Å². The molecule has 0 aliphatic rings. The molecule has 0 aliphatic carbocycles. The number of alkyl halides is 24. The summed E-state index contributed by atoms with van der Waals surface area (Å²) in [5, 5.41) is 9.53. The zero-order valence-corrected chi connectivity index (χ0v) is 35.3. The minimum absolute atomic E-state index is 0.0315. The molecule has 6 aromatic rings. The summed E-state index contributed by atoms with van der Waals surface area (Å²) in [4.78, 5) is 11.9. The van der Waals surface area contributed by atoms with Gasteiger partial charge in [-0.25, -0.2) is 0 Å². The average Bonchev–Trinajstić information content (AvgIpc) is 3.24. The number of pyridine rings is 1. The second-order valence-electron chi connectivity index (χ2n) is 15.7. The van der Waals surface area contributed by atoms with E-state index in [0.29, 0.717) is 5.56 Å². The Hall–Kier alpha value is -6.90. The normalized spacial score (nSPS) is 13.4. The maximum Gasteiger partial charge on any atom is 0.416 e. The number of Topliss-reactive ketones (excluding diaryl/α,β-unsaturated/α-hetero) is 1. The number of hydrogen-bond donors (Lipinski definition) is 1. The quantitative estimate of drug-likeness (QED) is 0.0749. The Balaban J connectivity index is 0.000000520. The van der Waals surface area contributed by atoms with Gasteiger partial charge in [-0.3, -0.25) is 4.79 Å². The van der Waals surface area contributed by atoms with Gasteiger partial charge in [-0.05, 0) is 36.4 Å². The molecule has 392 valence electrons. The fraction of sp³-hybridized carbons (Fsp3) is 0.200. The van der Waals surface area contributed by atoms with E-state index in [0.717, 1.165) is 0 Å². The van der Waals surface area contributed by atoms with Gasteiger partial charge in [-0.1, -0.05) is 66.7 Å². The third-order valence-electron chi connectivity index (χ3n) is 10.7. The van der Waals surface area contributed by atoms with Crippen LogP contribution in [0.2, 0.25) is 0 Å². The molecule has 1 N–H and O–H groups in total. The van der Waals surface area contributed by atoms with Gasteiger partial charge < -0.3 is 5.11 Å². The lowest BCUT2D eigenvalue weighted by molar-refractivity contribution is -0.683. The molecule has 0 saturated carbocycles. The van der Waals surface area contributed by atoms with E-state index < -0.39 is 195 Å². The summed E-state index contributed by atoms with van der Waals surface area (Å²) in [6.45, 7) is 0.235. The predicted molar refractivity (Wildman–Crippen MR) is 209 cm³/mol. The van der Waals surface area contributed by atoms with E-state index >= 15 is 0 Å². The van der Waals surface area contributed by atoms with Gasteiger partial charge in [0.2, 0.25) is 12.3 Å². The van der Waals surface area contributed by atoms with Crippen LogP contribution in [0, 0.1) is 0 Å². The van der Waals surface area contributed by atoms with Crippen LogP contribution in [0.25, 0.3) is 0 Å². The second-order valence-corrected chi connectivity index (χ2v) is 15.7. The van der Waals surface area contributed by atoms with Crippen molar-refractivity contribution < 1.29 is 120 Å². The molecule has 6 rings (SSSR count). The van der Waals surface area contributed by atoms with Crippen molar-refractivity contribution in [2.45, 2.75) is 56.0 Å². The van der Waals surface area contributed by atoms with Gasteiger partial charge >= 0.3 is 49.4 Å². The van der Waals surface area contributed by atoms with Gasteiger partial charge in [0.15, 0.2) is 12.4 Å². The summed E-state index contributed by atoms with van der Waals surface area (Å²) in [5.74, 6) is -0.0710. The van der Waals surface area contributed by atoms with Crippen LogP contribution < -0.4 is 26.4 Å². The van der Waals surface area contributed by atoms with Crippen LogP contribution in [-0.2, 0) is 56.0 Å². The number of aromatic hydroxyl groups is 1. The molecule has 0 atom stereocenters. The highest BCUT2D eigenvalue weighted by Crippen LogP contribution is 2.41. The topological polar surface area (TPSA) is 41.2 Å². The van der Waals surface area contributed by atoms with Gasteiger partial charge in [0.1, 0.15) is 11.9 Å². The Bertz CT molecular complexity index is 2520. The lowest BCUT2D eigenvalue weighted by Crippen LogP contribution is -2.75. The highest BCUT2D eigenvalue weighted by molar-refractivity contribution is 7.20. The van der Waals surface area contributed by atoms with E-state index in [2.05, 4.69) is 0 Å². The van der Waals surface area contributed by atoms with Crippen LogP contribution in [-0.4, -0.2) is 17.0 Å². The highest BCUT2D eigenvalue weighted by atomic mass is 19.4. The Labute approximate surface area is 392 Å². The van der Waals surface area contributed by atoms with E-state index in [4.69, 9.17) is 0 Å². The number of phenols is 1. The largest absolute Gasteiger partial charge is 0.507 e. The number of carbonyl (C=O) groups is 1. The predicted octanol–water partition coefficient (Wildman–Crippen LogP) is 12.8. The van der Waals surface area contributed by atoms with E-state index in [1.807, 2.05) is 30.6 Å². The summed E-state index contributed by atoms with van der Waals surface area (Å²) in [5.41, 5.74) is -29.8. The zero-order chi connectivity index (χ0) is 55.3. The third-order valence-corrected chi connectivity index (χ3v) is 10.7. The van der Waals surface area contributed by atoms with Crippen molar-refractivity contribution in [2.75, 3.05) is 0 Å². The SMILES string of the molecule is FC(F)(F)c1cc([B-](c2cc(C(F)(F)F)cc(C(F)(F)F)c2)(c2cc(C(F)(F)F)cc(C(F)(F)F)c2)c2cc(C(F)(F)F)cc(C(F)(F)F)c2)cc(C(F)(F)F)c1.O=C(C[n+]1ccccc1)c1ccccc1O. The summed E-state index contributed by atoms with van der Waals surface area (Å²) >= 11 is 0. The summed E-state index contributed by atoms with van der Waals surface area (Å²) in [6.07, 6.45) is -51.2. The molecule has 0 amide bonds. The fourth-order valence-electron chi connectivity index (χ4n) is 7.57. The van der Waals surface area contributed by atoms with Crippen LogP contribution in [0.5, 0.6) is 5.75 Å². The Kier molecular flexibility index (Phi) is 15.2. The molecule has 0 saturated heterocycles. The molecule has 5 aromatic carbocycles. The first-order chi connectivity index (χ1) is 33.0. The number of ketones is 1. The highest BCUT2D eigenvalue weighted by Gasteiger charge is 2.47. The maximum absolute atomic E-state index is 14.2. The van der Waals surface area contributed by atoms with Gasteiger partial charge in [0.25, 0.3) is 0 Å². The summed E-state index contributed by atoms with van der Waals surface area (Å²) in [7, 11) is 0. The van der Waals surface area contributed by atoms with Crippen molar-refractivity contribution in [3.63, 3.8) is 0 Å². The Morgan fingerprint density at radius 2 is 0.589 bits per heavy atom. The fourth-order valence-corrected chi connectivity index (χ4v) is 7.57. The molecule has 28 heteroatoms. The van der Waals surface area contributed by atoms with Crippen LogP contribution in [0.3, 0.4) is 0 Å². The molecule has 0 unspecified atom stereocenters. The first kappa shape index (κ1) is 57.0. The molecule has 0 bridgehead atoms. The summed E-state index contributed by atoms with van der Waals surface area (Å²) in [6, 6.07) is 3.38. The maximum atomic E-state index is 14.2. The van der Waals surface area contributed by atoms with Crippen molar-refractivity contribution in [1.82, 2.24) is 0 Å². The van der Waals surface area contributed by atoms with Gasteiger partial charge in [-0.15, -0.1) is 0 Å². The van der Waals surface area contributed by atoms with Crippen molar-refractivity contribution in [3.8, 4) is 5.75 Å². The number of nitrogens with zero attached hydrogens (tertiary/aromatic N) is 1. The lowest BCUT2D eigenvalue weighted by atomic mass is 9.12. The number of phenolic OH excluding ortho intramolecular Hbond substituents is 1. The third kappa shape index (κ3) is 13.2. The number of halogens is 24. The number of hydrogen-bond acceptors (Lipinski definition) is 2. The monoisotopic (exact) mass is 1080 g/mol. The molecule has 1 aromatic heterocycles. The van der Waals surface area contributed by atoms with Crippen LogP contribution in [0.15, 0.2) is 128 Å². The van der Waals surface area contributed by atoms with Crippen LogP contribution >= 0.6 is 0 Å². The second kappa shape index (κ2) is 19.5. The molecule has 0 radical (unpaired) electrons. The van der Waals surface area contributed by atoms with Gasteiger partial charge in [0, 0.05) is 12.1 Å². The smallest absolute Gasteiger partial charge is 0.416 e. The van der Waals surface area contributed by atoms with E-state index in [1.165, 1.54) is 6.07 Å². The first-order valence-electron chi connectivity index (χ1n) is 19.6. The number of carbonyl (C=O) groups excluding carboxylic acids is 1. The lowest BCUT2D eigenvalue weighted by Gasteiger charge is -2.46. The Morgan fingerprint density at radius 1 is 0.356 bits per heavy atom. The van der Waals surface area contributed by atoms with E-state index in [1.54, 1.807) is 22.8 Å². The molecule has 3 nitrogen and oxygen atoms in total. The molecule has 0 aliphatic heterocycles. The van der Waals surface area contributed by atoms with Crippen LogP contribution in [0.1, 0.15) is 54.9 Å². The molecule has 1 heterocycles. The number of rotatable bonds is 7. The Morgan fingerprint density at radius 3 is 0.808 bits per heavy atom. The minimum Gasteiger partial charge on any atom is -0.507 e. The summed E-state index contributed by atoms with van der Waals surface area (Å²) < 4.78 is 343. The molecular formula is C45H24BF24NO2. The first-order valence-corrected chi connectivity index (χ1v) is 19.6. The van der Waals surface area contributed by atoms with Crippen molar-refractivity contribution in [2.24, 2.45) is 0 Å². The molecule has 73 heavy (non-hydrogen) atoms. The minimum atomic E-state index is -6.13. The van der Waals surface area contributed by atoms with E-state index in [9.17, 15) is 115 Å². The van der Waals surface area contributed by atoms with Crippen molar-refractivity contribution >= 4 is 33.8 Å². The van der Waals surface area contributed by atoms with Crippen molar-refractivity contribution in [3.05, 3.63) is 178 Å². The number of aromatic nitrogens is 1. The number of para-hydroxylation sites is 1. The van der Waals surface area contributed by atoms with Gasteiger partial charge in [0.05, 0.1) is 50.1 Å². The standard InChI is InChI=1S/C32H12BF24.C13H11NO2/c34-25(35,36)13-1-14(26(37,38)39)6-21(5-13)33(22-7-15(27(40,41)42)2-16(8-22)28(43,44)45,23-9-17(29(46,47)48)3-18(10-23)30(49,50)51)24-11-19(31(52,53)54)4-20(12-24)32(55,56)57;15-12-7-3-2-6-11(12)13(16)10-14-8-4-1-5-9-14/h1-12H;1-9H,10H2/q-1;/p+1. The van der Waals surface area contributed by atoms with Gasteiger partial charge in [-0.2, -0.15) is 132 Å². The molecular weight excluding hydrogens is 1050 g/mol. The molecule has 0 spiro atoms. The van der Waals surface area contributed by atoms with Crippen LogP contribution in [0.4, 0.5) is 105 Å². The number of benzene rings is 5. The average molecular weight is 1080 g/mol. The zero-order valence-electron chi connectivity index (χ0n) is 35.3.